The highest BCUT2D eigenvalue weighted by Crippen LogP contribution is 2.24. The van der Waals surface area contributed by atoms with Crippen molar-refractivity contribution in [3.63, 3.8) is 0 Å². The van der Waals surface area contributed by atoms with Gasteiger partial charge in [0.25, 0.3) is 0 Å². The Kier molecular flexibility index (Phi) is 5.86. The number of thioether (sulfide) groups is 1. The maximum absolute atomic E-state index is 12.0. The van der Waals surface area contributed by atoms with Gasteiger partial charge in [-0.1, -0.05) is 49.7 Å². The van der Waals surface area contributed by atoms with Crippen LogP contribution in [0.25, 0.3) is 10.9 Å². The molecule has 1 aliphatic carbocycles. The number of rotatable bonds is 4. The number of benzene rings is 1. The first kappa shape index (κ1) is 17.7. The third-order valence-electron chi connectivity index (χ3n) is 4.53. The Morgan fingerprint density at radius 2 is 2.00 bits per heavy atom. The number of carbonyl (C=O) groups is 2. The van der Waals surface area contributed by atoms with Crippen molar-refractivity contribution in [2.45, 2.75) is 43.7 Å². The van der Waals surface area contributed by atoms with Crippen molar-refractivity contribution in [2.24, 2.45) is 5.92 Å². The molecule has 1 heterocycles. The van der Waals surface area contributed by atoms with Gasteiger partial charge in [0.2, 0.25) is 5.91 Å². The van der Waals surface area contributed by atoms with Crippen LogP contribution in [0.15, 0.2) is 35.6 Å². The van der Waals surface area contributed by atoms with Crippen LogP contribution in [0.1, 0.15) is 32.6 Å². The summed E-state index contributed by atoms with van der Waals surface area (Å²) >= 11 is 1.30. The molecule has 0 radical (unpaired) electrons. The van der Waals surface area contributed by atoms with E-state index in [4.69, 9.17) is 0 Å². The number of amides is 3. The number of para-hydroxylation sites is 1. The predicted octanol–water partition coefficient (Wildman–Crippen LogP) is 3.13. The first-order chi connectivity index (χ1) is 12.1. The molecular formula is C18H22N4O2S. The summed E-state index contributed by atoms with van der Waals surface area (Å²) in [6, 6.07) is 7.39. The molecule has 1 aliphatic rings. The van der Waals surface area contributed by atoms with Crippen LogP contribution in [0.3, 0.4) is 0 Å². The van der Waals surface area contributed by atoms with Gasteiger partial charge in [-0.25, -0.2) is 14.8 Å². The number of hydrogen-bond donors (Lipinski definition) is 2. The Labute approximate surface area is 151 Å². The number of nitrogens with one attached hydrogen (secondary N) is 2. The molecule has 132 valence electrons. The van der Waals surface area contributed by atoms with Crippen LogP contribution in [-0.2, 0) is 4.79 Å². The van der Waals surface area contributed by atoms with Gasteiger partial charge in [0.1, 0.15) is 11.4 Å². The van der Waals surface area contributed by atoms with E-state index in [2.05, 4.69) is 27.5 Å². The first-order valence-electron chi connectivity index (χ1n) is 8.56. The molecule has 1 aromatic heterocycles. The van der Waals surface area contributed by atoms with Crippen molar-refractivity contribution >= 4 is 34.6 Å². The van der Waals surface area contributed by atoms with E-state index in [0.717, 1.165) is 35.2 Å². The minimum atomic E-state index is -0.406. The van der Waals surface area contributed by atoms with Crippen LogP contribution in [0.5, 0.6) is 0 Å². The van der Waals surface area contributed by atoms with Gasteiger partial charge < -0.3 is 5.32 Å². The van der Waals surface area contributed by atoms with E-state index in [1.54, 1.807) is 0 Å². The zero-order valence-corrected chi connectivity index (χ0v) is 15.0. The van der Waals surface area contributed by atoms with Crippen molar-refractivity contribution in [3.8, 4) is 0 Å². The van der Waals surface area contributed by atoms with Gasteiger partial charge in [0.15, 0.2) is 0 Å². The van der Waals surface area contributed by atoms with Gasteiger partial charge in [-0.05, 0) is 24.8 Å². The second kappa shape index (κ2) is 8.29. The monoisotopic (exact) mass is 358 g/mol. The van der Waals surface area contributed by atoms with E-state index in [9.17, 15) is 9.59 Å². The minimum absolute atomic E-state index is 0.134. The maximum atomic E-state index is 12.0. The lowest BCUT2D eigenvalue weighted by molar-refractivity contribution is -0.117. The third kappa shape index (κ3) is 4.69. The smallest absolute Gasteiger partial charge is 0.321 e. The van der Waals surface area contributed by atoms with Gasteiger partial charge in [0.05, 0.1) is 11.3 Å². The molecule has 1 fully saturated rings. The molecule has 0 saturated heterocycles. The third-order valence-corrected chi connectivity index (χ3v) is 5.53. The van der Waals surface area contributed by atoms with Crippen molar-refractivity contribution < 1.29 is 9.59 Å². The SMILES string of the molecule is C[C@H]1CCCC[C@H]1NC(=O)NC(=O)CSc1ncnc2ccccc12. The van der Waals surface area contributed by atoms with Crippen LogP contribution < -0.4 is 10.6 Å². The number of fused-ring (bicyclic) bond motifs is 1. The van der Waals surface area contributed by atoms with Crippen molar-refractivity contribution in [1.29, 1.82) is 0 Å². The maximum Gasteiger partial charge on any atom is 0.321 e. The van der Waals surface area contributed by atoms with Crippen LogP contribution in [0, 0.1) is 5.92 Å². The number of urea groups is 1. The molecule has 2 N–H and O–H groups in total. The lowest BCUT2D eigenvalue weighted by Gasteiger charge is -2.29. The predicted molar refractivity (Wildman–Crippen MR) is 98.4 cm³/mol. The summed E-state index contributed by atoms with van der Waals surface area (Å²) in [6.45, 7) is 2.14. The van der Waals surface area contributed by atoms with Crippen LogP contribution in [0.2, 0.25) is 0 Å². The van der Waals surface area contributed by atoms with E-state index in [0.29, 0.717) is 5.92 Å². The lowest BCUT2D eigenvalue weighted by atomic mass is 9.86. The Balaban J connectivity index is 1.51. The number of hydrogen-bond acceptors (Lipinski definition) is 5. The molecule has 2 atom stereocenters. The molecule has 3 rings (SSSR count). The summed E-state index contributed by atoms with van der Waals surface area (Å²) in [4.78, 5) is 32.5. The number of carbonyl (C=O) groups excluding carboxylic acids is 2. The zero-order chi connectivity index (χ0) is 17.6. The van der Waals surface area contributed by atoms with Gasteiger partial charge in [-0.3, -0.25) is 10.1 Å². The molecule has 0 spiro atoms. The Morgan fingerprint density at radius 1 is 1.20 bits per heavy atom. The highest BCUT2D eigenvalue weighted by molar-refractivity contribution is 8.00. The molecule has 25 heavy (non-hydrogen) atoms. The van der Waals surface area contributed by atoms with Crippen molar-refractivity contribution in [1.82, 2.24) is 20.6 Å². The summed E-state index contributed by atoms with van der Waals surface area (Å²) in [5, 5.41) is 6.98. The highest BCUT2D eigenvalue weighted by Gasteiger charge is 2.23. The molecule has 6 nitrogen and oxygen atoms in total. The molecule has 1 aromatic carbocycles. The van der Waals surface area contributed by atoms with Gasteiger partial charge in [-0.2, -0.15) is 0 Å². The molecular weight excluding hydrogens is 336 g/mol. The number of nitrogens with zero attached hydrogens (tertiary/aromatic N) is 2. The first-order valence-corrected chi connectivity index (χ1v) is 9.55. The normalized spacial score (nSPS) is 20.2. The molecule has 0 bridgehead atoms. The fraction of sp³-hybridized carbons (Fsp3) is 0.444. The average Bonchev–Trinajstić information content (AvgIpc) is 2.62. The Morgan fingerprint density at radius 3 is 2.84 bits per heavy atom. The molecule has 7 heteroatoms. The molecule has 1 saturated carbocycles. The van der Waals surface area contributed by atoms with Crippen molar-refractivity contribution in [3.05, 3.63) is 30.6 Å². The summed E-state index contributed by atoms with van der Waals surface area (Å²) in [5.74, 6) is 0.263. The van der Waals surface area contributed by atoms with E-state index in [1.165, 1.54) is 24.5 Å². The second-order valence-electron chi connectivity index (χ2n) is 6.37. The topological polar surface area (TPSA) is 84.0 Å². The van der Waals surface area contributed by atoms with Crippen LogP contribution in [0.4, 0.5) is 4.79 Å². The molecule has 0 unspecified atom stereocenters. The number of aromatic nitrogens is 2. The van der Waals surface area contributed by atoms with E-state index < -0.39 is 6.03 Å². The largest absolute Gasteiger partial charge is 0.335 e. The molecule has 0 aliphatic heterocycles. The highest BCUT2D eigenvalue weighted by atomic mass is 32.2. The molecule has 3 amide bonds. The summed E-state index contributed by atoms with van der Waals surface area (Å²) in [6.07, 6.45) is 5.92. The Bertz CT molecular complexity index is 762. The van der Waals surface area contributed by atoms with Gasteiger partial charge in [0, 0.05) is 11.4 Å². The minimum Gasteiger partial charge on any atom is -0.335 e. The second-order valence-corrected chi connectivity index (χ2v) is 7.34. The lowest BCUT2D eigenvalue weighted by Crippen LogP contribution is -2.48. The number of imide groups is 1. The van der Waals surface area contributed by atoms with Crippen LogP contribution in [-0.4, -0.2) is 33.7 Å². The fourth-order valence-electron chi connectivity index (χ4n) is 3.13. The quantitative estimate of drug-likeness (QED) is 0.648. The van der Waals surface area contributed by atoms with Crippen molar-refractivity contribution in [2.75, 3.05) is 5.75 Å². The van der Waals surface area contributed by atoms with E-state index in [1.807, 2.05) is 24.3 Å². The Hall–Kier alpha value is -2.15. The average molecular weight is 358 g/mol. The summed E-state index contributed by atoms with van der Waals surface area (Å²) in [5.41, 5.74) is 0.837. The van der Waals surface area contributed by atoms with E-state index in [-0.39, 0.29) is 17.7 Å². The van der Waals surface area contributed by atoms with Crippen LogP contribution >= 0.6 is 11.8 Å². The van der Waals surface area contributed by atoms with E-state index >= 15 is 0 Å². The fourth-order valence-corrected chi connectivity index (χ4v) is 3.92. The standard InChI is InChI=1S/C18H22N4O2S/c1-12-6-2-4-8-14(12)21-18(24)22-16(23)10-25-17-13-7-3-5-9-15(13)19-11-20-17/h3,5,7,9,11-12,14H,2,4,6,8,10H2,1H3,(H2,21,22,23,24)/t12-,14+/m0/s1. The summed E-state index contributed by atoms with van der Waals surface area (Å²) < 4.78 is 0. The van der Waals surface area contributed by atoms with Gasteiger partial charge in [-0.15, -0.1) is 0 Å². The molecule has 2 aromatic rings. The van der Waals surface area contributed by atoms with Gasteiger partial charge >= 0.3 is 6.03 Å². The summed E-state index contributed by atoms with van der Waals surface area (Å²) in [7, 11) is 0. The zero-order valence-electron chi connectivity index (χ0n) is 14.2.